The zero-order valence-corrected chi connectivity index (χ0v) is 6.66. The molecule has 0 aromatic rings. The minimum absolute atomic E-state index is 0.0844. The van der Waals surface area contributed by atoms with Crippen LogP contribution in [0.5, 0.6) is 0 Å². The number of hydrogen-bond acceptors (Lipinski definition) is 4. The lowest BCUT2D eigenvalue weighted by molar-refractivity contribution is -0.112. The first-order valence-electron chi connectivity index (χ1n) is 3.36. The van der Waals surface area contributed by atoms with Crippen molar-refractivity contribution < 1.29 is 10.0 Å². The number of nitrogens with zero attached hydrogens (tertiary/aromatic N) is 2. The average Bonchev–Trinajstić information content (AvgIpc) is 2.11. The van der Waals surface area contributed by atoms with Crippen LogP contribution in [-0.2, 0) is 4.79 Å². The molecule has 12 heavy (non-hydrogen) atoms. The van der Waals surface area contributed by atoms with Crippen LogP contribution in [0.1, 0.15) is 6.92 Å². The van der Waals surface area contributed by atoms with E-state index in [0.29, 0.717) is 6.54 Å². The summed E-state index contributed by atoms with van der Waals surface area (Å²) in [4.78, 5) is 14.0. The molecule has 0 saturated heterocycles. The number of nitriles is 1. The normalized spacial score (nSPS) is 10.2. The van der Waals surface area contributed by atoms with Gasteiger partial charge in [-0.25, -0.2) is 10.5 Å². The monoisotopic (exact) mass is 170 g/mol. The molecule has 0 bridgehead atoms. The molecule has 0 fully saturated rings. The summed E-state index contributed by atoms with van der Waals surface area (Å²) in [5.74, 6) is -0.568. The number of nitrogens with one attached hydrogen (secondary N) is 2. The van der Waals surface area contributed by atoms with Crippen molar-refractivity contribution in [3.8, 4) is 6.07 Å². The molecule has 0 aliphatic rings. The summed E-state index contributed by atoms with van der Waals surface area (Å²) in [6.45, 7) is 2.11. The Morgan fingerprint density at radius 1 is 1.75 bits per heavy atom. The first kappa shape index (κ1) is 10.4. The summed E-state index contributed by atoms with van der Waals surface area (Å²) in [6, 6.07) is 1.40. The van der Waals surface area contributed by atoms with Gasteiger partial charge in [0.15, 0.2) is 0 Å². The van der Waals surface area contributed by atoms with Gasteiger partial charge in [0.2, 0.25) is 5.96 Å². The van der Waals surface area contributed by atoms with Gasteiger partial charge in [-0.05, 0) is 6.92 Å². The van der Waals surface area contributed by atoms with Gasteiger partial charge in [0.25, 0.3) is 5.78 Å². The van der Waals surface area contributed by atoms with E-state index in [0.717, 1.165) is 0 Å². The van der Waals surface area contributed by atoms with Crippen molar-refractivity contribution in [1.82, 2.24) is 10.8 Å². The van der Waals surface area contributed by atoms with Gasteiger partial charge in [-0.15, -0.1) is 0 Å². The predicted octanol–water partition coefficient (Wildman–Crippen LogP) is -0.977. The van der Waals surface area contributed by atoms with E-state index in [1.54, 1.807) is 12.4 Å². The number of carbonyl (C=O) groups is 1. The molecular formula is C6H10N4O2. The molecule has 0 aromatic carbocycles. The average molecular weight is 170 g/mol. The second-order valence-corrected chi connectivity index (χ2v) is 1.84. The summed E-state index contributed by atoms with van der Waals surface area (Å²) >= 11 is 0. The predicted molar refractivity (Wildman–Crippen MR) is 41.5 cm³/mol. The van der Waals surface area contributed by atoms with Crippen molar-refractivity contribution in [1.29, 1.82) is 5.26 Å². The largest absolute Gasteiger partial charge is 0.355 e. The van der Waals surface area contributed by atoms with E-state index < -0.39 is 5.78 Å². The van der Waals surface area contributed by atoms with Crippen molar-refractivity contribution in [2.24, 2.45) is 4.99 Å². The molecule has 0 heterocycles. The van der Waals surface area contributed by atoms with E-state index in [4.69, 9.17) is 10.5 Å². The molecule has 0 atom stereocenters. The lowest BCUT2D eigenvalue weighted by Gasteiger charge is -2.03. The first-order chi connectivity index (χ1) is 5.74. The molecule has 6 heteroatoms. The third-order valence-corrected chi connectivity index (χ3v) is 0.956. The lowest BCUT2D eigenvalue weighted by Crippen LogP contribution is -2.35. The Morgan fingerprint density at radius 2 is 2.42 bits per heavy atom. The number of carbonyl (C=O) groups excluding carboxylic acids is 1. The number of aliphatic imine (C=N–C) groups is 1. The highest BCUT2D eigenvalue weighted by Gasteiger charge is 1.98. The summed E-state index contributed by atoms with van der Waals surface area (Å²) in [5, 5.41) is 19.1. The van der Waals surface area contributed by atoms with Crippen LogP contribution in [0.4, 0.5) is 0 Å². The summed E-state index contributed by atoms with van der Waals surface area (Å²) in [5.41, 5.74) is 1.76. The Labute approximate surface area is 69.9 Å². The molecule has 0 spiro atoms. The van der Waals surface area contributed by atoms with E-state index in [1.165, 1.54) is 6.07 Å². The number of hydrogen-bond donors (Lipinski definition) is 3. The summed E-state index contributed by atoms with van der Waals surface area (Å²) in [6.07, 6.45) is 0. The molecule has 66 valence electrons. The Bertz CT molecular complexity index is 218. The zero-order valence-electron chi connectivity index (χ0n) is 6.66. The van der Waals surface area contributed by atoms with Crippen LogP contribution in [0.2, 0.25) is 0 Å². The van der Waals surface area contributed by atoms with Crippen LogP contribution in [-0.4, -0.2) is 30.0 Å². The highest BCUT2D eigenvalue weighted by atomic mass is 16.5. The van der Waals surface area contributed by atoms with E-state index in [1.807, 2.05) is 0 Å². The van der Waals surface area contributed by atoms with Crippen molar-refractivity contribution >= 4 is 11.7 Å². The van der Waals surface area contributed by atoms with Crippen molar-refractivity contribution in [2.75, 3.05) is 13.1 Å². The number of guanidine groups is 1. The maximum Gasteiger partial charge on any atom is 0.253 e. The van der Waals surface area contributed by atoms with Crippen molar-refractivity contribution in [3.63, 3.8) is 0 Å². The highest BCUT2D eigenvalue weighted by molar-refractivity contribution is 5.96. The lowest BCUT2D eigenvalue weighted by atomic mass is 10.4. The van der Waals surface area contributed by atoms with E-state index in [2.05, 4.69) is 10.3 Å². The fourth-order valence-corrected chi connectivity index (χ4v) is 0.484. The third-order valence-electron chi connectivity index (χ3n) is 0.956. The number of Topliss-reactive ketones (excluding diaryl/α,β-unsaturated/α-hetero) is 1. The van der Waals surface area contributed by atoms with Crippen LogP contribution in [0.25, 0.3) is 0 Å². The van der Waals surface area contributed by atoms with Crippen LogP contribution >= 0.6 is 0 Å². The fraction of sp³-hybridized carbons (Fsp3) is 0.500. The maximum absolute atomic E-state index is 10.4. The molecule has 0 aromatic heterocycles. The number of rotatable bonds is 3. The van der Waals surface area contributed by atoms with Crippen LogP contribution in [0.15, 0.2) is 4.99 Å². The van der Waals surface area contributed by atoms with Gasteiger partial charge < -0.3 is 5.32 Å². The van der Waals surface area contributed by atoms with Crippen LogP contribution < -0.4 is 10.8 Å². The molecule has 0 rings (SSSR count). The van der Waals surface area contributed by atoms with Crippen LogP contribution in [0, 0.1) is 11.3 Å². The number of ketones is 1. The quantitative estimate of drug-likeness (QED) is 0.219. The van der Waals surface area contributed by atoms with Gasteiger partial charge in [0, 0.05) is 6.54 Å². The molecule has 0 unspecified atom stereocenters. The molecule has 0 aliphatic carbocycles. The van der Waals surface area contributed by atoms with Crippen molar-refractivity contribution in [2.45, 2.75) is 6.92 Å². The van der Waals surface area contributed by atoms with Gasteiger partial charge in [-0.2, -0.15) is 5.26 Å². The minimum Gasteiger partial charge on any atom is -0.355 e. The Hall–Kier alpha value is -1.61. The first-order valence-corrected chi connectivity index (χ1v) is 3.36. The Morgan fingerprint density at radius 3 is 2.83 bits per heavy atom. The van der Waals surface area contributed by atoms with Gasteiger partial charge in [-0.1, -0.05) is 0 Å². The number of hydroxylamine groups is 1. The standard InChI is InChI=1S/C6H10N4O2/c1-2-8-6(10-12)9-4-5(11)3-7/h12H,2,4H2,1H3,(H2,8,9,10). The second-order valence-electron chi connectivity index (χ2n) is 1.84. The molecule has 0 radical (unpaired) electrons. The zero-order chi connectivity index (χ0) is 9.40. The molecule has 6 nitrogen and oxygen atoms in total. The Kier molecular flexibility index (Phi) is 5.30. The third kappa shape index (κ3) is 4.24. The van der Waals surface area contributed by atoms with Gasteiger partial charge in [-0.3, -0.25) is 10.0 Å². The smallest absolute Gasteiger partial charge is 0.253 e. The second kappa shape index (κ2) is 6.12. The van der Waals surface area contributed by atoms with Gasteiger partial charge >= 0.3 is 0 Å². The fourth-order valence-electron chi connectivity index (χ4n) is 0.484. The summed E-state index contributed by atoms with van der Waals surface area (Å²) < 4.78 is 0. The minimum atomic E-state index is -0.652. The topological polar surface area (TPSA) is 97.5 Å². The van der Waals surface area contributed by atoms with E-state index >= 15 is 0 Å². The maximum atomic E-state index is 10.4. The molecular weight excluding hydrogens is 160 g/mol. The van der Waals surface area contributed by atoms with Crippen LogP contribution in [0.3, 0.4) is 0 Å². The van der Waals surface area contributed by atoms with E-state index in [9.17, 15) is 4.79 Å². The SMILES string of the molecule is CCNC(=NCC(=O)C#N)NO. The Balaban J connectivity index is 3.95. The van der Waals surface area contributed by atoms with Gasteiger partial charge in [0.05, 0.1) is 0 Å². The summed E-state index contributed by atoms with van der Waals surface area (Å²) in [7, 11) is 0. The molecule has 0 amide bonds. The highest BCUT2D eigenvalue weighted by Crippen LogP contribution is 1.74. The van der Waals surface area contributed by atoms with E-state index in [-0.39, 0.29) is 12.5 Å². The molecule has 3 N–H and O–H groups in total. The molecule has 0 aliphatic heterocycles. The van der Waals surface area contributed by atoms with Gasteiger partial charge in [0.1, 0.15) is 12.6 Å². The molecule has 0 saturated carbocycles. The van der Waals surface area contributed by atoms with Crippen molar-refractivity contribution in [3.05, 3.63) is 0 Å².